The number of carbonyl (C=O) groups is 3. The number of benzene rings is 1. The van der Waals surface area contributed by atoms with Crippen LogP contribution in [-0.4, -0.2) is 79.3 Å². The third-order valence-corrected chi connectivity index (χ3v) is 7.57. The summed E-state index contributed by atoms with van der Waals surface area (Å²) in [6.07, 6.45) is 0.980. The van der Waals surface area contributed by atoms with Crippen LogP contribution in [-0.2, 0) is 30.5 Å². The maximum absolute atomic E-state index is 13.7. The first-order chi connectivity index (χ1) is 16.3. The molecule has 34 heavy (non-hydrogen) atoms. The van der Waals surface area contributed by atoms with Crippen molar-refractivity contribution >= 4 is 28.8 Å². The van der Waals surface area contributed by atoms with E-state index in [-0.39, 0.29) is 25.8 Å². The molecule has 1 aromatic carbocycles. The topological polar surface area (TPSA) is 136 Å². The Labute approximate surface area is 196 Å². The summed E-state index contributed by atoms with van der Waals surface area (Å²) in [5, 5.41) is 20.9. The number of aliphatic hydroxyl groups is 1. The molecule has 2 bridgehead atoms. The lowest BCUT2D eigenvalue weighted by Crippen LogP contribution is -2.57. The van der Waals surface area contributed by atoms with Gasteiger partial charge in [-0.25, -0.2) is 4.68 Å². The zero-order valence-corrected chi connectivity index (χ0v) is 19.4. The van der Waals surface area contributed by atoms with E-state index >= 15 is 0 Å². The zero-order chi connectivity index (χ0) is 24.3. The standard InChI is InChI=1S/C23H29N5O6/c1-4-33-21(32)17-16-20(31)28(13(2)11-29)18(23(16)10-9-22(17,3)34-23)19(30)24-12-27-15-8-6-5-7-14(15)25-26-27/h5-8,13,16-18,29H,4,9-12H2,1-3H3,(H,24,30)/t13-,16+,17+,18?,22-,23?/m1/s1. The van der Waals surface area contributed by atoms with Gasteiger partial charge in [0.05, 0.1) is 36.3 Å². The number of fused-ring (bicyclic) bond motifs is 2. The molecule has 3 fully saturated rings. The van der Waals surface area contributed by atoms with Crippen molar-refractivity contribution in [2.45, 2.75) is 63.6 Å². The summed E-state index contributed by atoms with van der Waals surface area (Å²) < 4.78 is 13.3. The minimum absolute atomic E-state index is 0.0463. The number of aliphatic hydroxyl groups excluding tert-OH is 1. The molecule has 2 unspecified atom stereocenters. The molecule has 1 spiro atoms. The highest BCUT2D eigenvalue weighted by atomic mass is 16.6. The minimum Gasteiger partial charge on any atom is -0.466 e. The first-order valence-corrected chi connectivity index (χ1v) is 11.6. The Bertz CT molecular complexity index is 1150. The lowest BCUT2D eigenvalue weighted by Gasteiger charge is -2.35. The highest BCUT2D eigenvalue weighted by Crippen LogP contribution is 2.63. The second-order valence-electron chi connectivity index (χ2n) is 9.53. The molecule has 4 heterocycles. The van der Waals surface area contributed by atoms with Crippen molar-refractivity contribution in [1.82, 2.24) is 25.2 Å². The van der Waals surface area contributed by atoms with Gasteiger partial charge in [-0.1, -0.05) is 17.3 Å². The summed E-state index contributed by atoms with van der Waals surface area (Å²) in [5.74, 6) is -2.93. The Balaban J connectivity index is 1.48. The maximum atomic E-state index is 13.7. The molecule has 1 aromatic heterocycles. The Morgan fingerprint density at radius 3 is 2.85 bits per heavy atom. The average Bonchev–Trinajstić information content (AvgIpc) is 3.52. The zero-order valence-electron chi connectivity index (χ0n) is 19.4. The highest BCUT2D eigenvalue weighted by Gasteiger charge is 2.78. The van der Waals surface area contributed by atoms with Crippen molar-refractivity contribution in [3.63, 3.8) is 0 Å². The third kappa shape index (κ3) is 3.06. The van der Waals surface area contributed by atoms with Crippen molar-refractivity contribution in [3.05, 3.63) is 24.3 Å². The van der Waals surface area contributed by atoms with Crippen molar-refractivity contribution in [2.24, 2.45) is 11.8 Å². The quantitative estimate of drug-likeness (QED) is 0.547. The molecule has 2 N–H and O–H groups in total. The molecular formula is C23H29N5O6. The van der Waals surface area contributed by atoms with Gasteiger partial charge in [0.2, 0.25) is 11.8 Å². The Morgan fingerprint density at radius 1 is 1.35 bits per heavy atom. The van der Waals surface area contributed by atoms with Gasteiger partial charge >= 0.3 is 5.97 Å². The first kappa shape index (κ1) is 22.7. The van der Waals surface area contributed by atoms with Crippen molar-refractivity contribution in [2.75, 3.05) is 13.2 Å². The number of hydrogen-bond acceptors (Lipinski definition) is 8. The van der Waals surface area contributed by atoms with Gasteiger partial charge in [-0.15, -0.1) is 5.10 Å². The van der Waals surface area contributed by atoms with Crippen molar-refractivity contribution < 1.29 is 29.0 Å². The van der Waals surface area contributed by atoms with E-state index in [1.807, 2.05) is 31.2 Å². The number of nitrogens with zero attached hydrogens (tertiary/aromatic N) is 4. The second kappa shape index (κ2) is 8.02. The lowest BCUT2D eigenvalue weighted by atomic mass is 9.66. The average molecular weight is 472 g/mol. The van der Waals surface area contributed by atoms with E-state index in [0.717, 1.165) is 5.52 Å². The predicted octanol–water partition coefficient (Wildman–Crippen LogP) is 0.214. The SMILES string of the molecule is CCOC(=O)[C@@H]1[C@H]2C(=O)N([C@H](C)CO)C(C(=O)NCn3nnc4ccccc43)C23CC[C@@]1(C)O3. The molecule has 2 aromatic rings. The number of esters is 1. The number of para-hydroxylation sites is 1. The van der Waals surface area contributed by atoms with Gasteiger partial charge in [-0.05, 0) is 45.7 Å². The van der Waals surface area contributed by atoms with Gasteiger partial charge in [-0.2, -0.15) is 0 Å². The predicted molar refractivity (Wildman–Crippen MR) is 118 cm³/mol. The van der Waals surface area contributed by atoms with Gasteiger partial charge in [-0.3, -0.25) is 14.4 Å². The molecule has 0 saturated carbocycles. The van der Waals surface area contributed by atoms with Crippen LogP contribution in [0.5, 0.6) is 0 Å². The fourth-order valence-electron chi connectivity index (χ4n) is 6.10. The first-order valence-electron chi connectivity index (χ1n) is 11.6. The van der Waals surface area contributed by atoms with Gasteiger partial charge in [0.15, 0.2) is 0 Å². The molecule has 182 valence electrons. The summed E-state index contributed by atoms with van der Waals surface area (Å²) in [5.41, 5.74) is -0.594. The van der Waals surface area contributed by atoms with E-state index in [1.165, 1.54) is 4.90 Å². The molecule has 5 rings (SSSR count). The molecule has 0 radical (unpaired) electrons. The van der Waals surface area contributed by atoms with Crippen LogP contribution in [0.25, 0.3) is 11.0 Å². The maximum Gasteiger partial charge on any atom is 0.312 e. The van der Waals surface area contributed by atoms with Crippen LogP contribution in [0.4, 0.5) is 0 Å². The van der Waals surface area contributed by atoms with Crippen molar-refractivity contribution in [1.29, 1.82) is 0 Å². The van der Waals surface area contributed by atoms with Crippen LogP contribution >= 0.6 is 0 Å². The number of likely N-dealkylation sites (tertiary alicyclic amines) is 1. The molecule has 2 amide bonds. The number of carbonyl (C=O) groups excluding carboxylic acids is 3. The van der Waals surface area contributed by atoms with Gasteiger partial charge in [0.25, 0.3) is 0 Å². The van der Waals surface area contributed by atoms with E-state index in [2.05, 4.69) is 15.6 Å². The summed E-state index contributed by atoms with van der Waals surface area (Å²) >= 11 is 0. The Hall–Kier alpha value is -3.05. The summed E-state index contributed by atoms with van der Waals surface area (Å²) in [4.78, 5) is 41.6. The molecule has 0 aliphatic carbocycles. The fraction of sp³-hybridized carbons (Fsp3) is 0.609. The number of amides is 2. The highest BCUT2D eigenvalue weighted by molar-refractivity contribution is 5.98. The Kier molecular flexibility index (Phi) is 5.36. The number of ether oxygens (including phenoxy) is 2. The molecule has 11 heteroatoms. The van der Waals surface area contributed by atoms with Crippen LogP contribution in [0.15, 0.2) is 24.3 Å². The van der Waals surface area contributed by atoms with Crippen LogP contribution in [0.3, 0.4) is 0 Å². The molecule has 3 aliphatic heterocycles. The molecule has 3 saturated heterocycles. The summed E-state index contributed by atoms with van der Waals surface area (Å²) in [7, 11) is 0. The van der Waals surface area contributed by atoms with Crippen LogP contribution in [0.2, 0.25) is 0 Å². The third-order valence-electron chi connectivity index (χ3n) is 7.57. The molecule has 6 atom stereocenters. The number of aromatic nitrogens is 3. The monoisotopic (exact) mass is 471 g/mol. The molecule has 3 aliphatic rings. The van der Waals surface area contributed by atoms with E-state index in [9.17, 15) is 19.5 Å². The summed E-state index contributed by atoms with van der Waals surface area (Å²) in [6, 6.07) is 5.76. The van der Waals surface area contributed by atoms with E-state index in [0.29, 0.717) is 18.4 Å². The van der Waals surface area contributed by atoms with Crippen LogP contribution in [0.1, 0.15) is 33.6 Å². The van der Waals surface area contributed by atoms with E-state index in [1.54, 1.807) is 18.5 Å². The normalized spacial score (nSPS) is 32.8. The van der Waals surface area contributed by atoms with Crippen LogP contribution < -0.4 is 5.32 Å². The second-order valence-corrected chi connectivity index (χ2v) is 9.53. The number of hydrogen-bond donors (Lipinski definition) is 2. The summed E-state index contributed by atoms with van der Waals surface area (Å²) in [6.45, 7) is 5.11. The van der Waals surface area contributed by atoms with Crippen LogP contribution in [0, 0.1) is 11.8 Å². The number of rotatable bonds is 7. The fourth-order valence-corrected chi connectivity index (χ4v) is 6.10. The van der Waals surface area contributed by atoms with Gasteiger partial charge in [0.1, 0.15) is 29.7 Å². The van der Waals surface area contributed by atoms with Gasteiger partial charge < -0.3 is 24.8 Å². The molecule has 11 nitrogen and oxygen atoms in total. The largest absolute Gasteiger partial charge is 0.466 e. The van der Waals surface area contributed by atoms with E-state index < -0.39 is 47.0 Å². The lowest BCUT2D eigenvalue weighted by molar-refractivity contribution is -0.160. The Morgan fingerprint density at radius 2 is 2.12 bits per heavy atom. The van der Waals surface area contributed by atoms with Crippen molar-refractivity contribution in [3.8, 4) is 0 Å². The molecular weight excluding hydrogens is 442 g/mol. The number of nitrogens with one attached hydrogen (secondary N) is 1. The minimum atomic E-state index is -1.17. The van der Waals surface area contributed by atoms with Gasteiger partial charge in [0, 0.05) is 0 Å². The van der Waals surface area contributed by atoms with E-state index in [4.69, 9.17) is 9.47 Å². The smallest absolute Gasteiger partial charge is 0.312 e.